The fourth-order valence-electron chi connectivity index (χ4n) is 2.72. The molecule has 1 aromatic carbocycles. The Hall–Kier alpha value is -2.25. The Kier molecular flexibility index (Phi) is 6.66. The van der Waals surface area contributed by atoms with E-state index in [4.69, 9.17) is 0 Å². The van der Waals surface area contributed by atoms with Gasteiger partial charge in [0.2, 0.25) is 5.91 Å². The van der Waals surface area contributed by atoms with Gasteiger partial charge in [0, 0.05) is 12.6 Å². The molecule has 0 aliphatic heterocycles. The van der Waals surface area contributed by atoms with Crippen LogP contribution in [0.3, 0.4) is 0 Å². The topological polar surface area (TPSA) is 70.2 Å². The predicted octanol–water partition coefficient (Wildman–Crippen LogP) is 2.95. The molecule has 1 aromatic rings. The Morgan fingerprint density at radius 1 is 1.00 bits per heavy atom. The summed E-state index contributed by atoms with van der Waals surface area (Å²) < 4.78 is 37.4. The van der Waals surface area contributed by atoms with Crippen molar-refractivity contribution in [2.24, 2.45) is 0 Å². The van der Waals surface area contributed by atoms with Gasteiger partial charge in [-0.25, -0.2) is 4.79 Å². The number of carbonyl (C=O) groups is 2. The van der Waals surface area contributed by atoms with Crippen LogP contribution in [0, 0.1) is 0 Å². The number of hydrogen-bond donors (Lipinski definition) is 3. The molecule has 0 aromatic heterocycles. The molecule has 1 aliphatic rings. The van der Waals surface area contributed by atoms with Crippen molar-refractivity contribution in [3.63, 3.8) is 0 Å². The number of urea groups is 1. The van der Waals surface area contributed by atoms with Crippen LogP contribution in [0.1, 0.15) is 43.2 Å². The number of halogens is 3. The van der Waals surface area contributed by atoms with E-state index in [2.05, 4.69) is 16.0 Å². The van der Waals surface area contributed by atoms with Gasteiger partial charge in [-0.05, 0) is 30.5 Å². The van der Waals surface area contributed by atoms with Gasteiger partial charge in [-0.1, -0.05) is 31.4 Å². The molecule has 0 bridgehead atoms. The fourth-order valence-corrected chi connectivity index (χ4v) is 2.72. The first kappa shape index (κ1) is 19.1. The first-order valence-corrected chi connectivity index (χ1v) is 8.32. The SMILES string of the molecule is O=C(CNC(=O)NC1CCCCC1)NCc1ccc(C(F)(F)F)cc1. The minimum Gasteiger partial charge on any atom is -0.350 e. The molecule has 0 saturated heterocycles. The molecule has 5 nitrogen and oxygen atoms in total. The van der Waals surface area contributed by atoms with Crippen molar-refractivity contribution in [2.45, 2.75) is 50.9 Å². The molecule has 3 amide bonds. The van der Waals surface area contributed by atoms with Crippen LogP contribution in [-0.4, -0.2) is 24.5 Å². The molecule has 0 radical (unpaired) electrons. The number of benzene rings is 1. The number of amides is 3. The Balaban J connectivity index is 1.67. The van der Waals surface area contributed by atoms with E-state index in [0.29, 0.717) is 5.56 Å². The molecular formula is C17H22F3N3O2. The van der Waals surface area contributed by atoms with Gasteiger partial charge >= 0.3 is 12.2 Å². The van der Waals surface area contributed by atoms with Gasteiger partial charge in [0.05, 0.1) is 12.1 Å². The highest BCUT2D eigenvalue weighted by atomic mass is 19.4. The van der Waals surface area contributed by atoms with Gasteiger partial charge in [-0.2, -0.15) is 13.2 Å². The van der Waals surface area contributed by atoms with E-state index in [-0.39, 0.29) is 25.2 Å². The average Bonchev–Trinajstić information content (AvgIpc) is 2.58. The van der Waals surface area contributed by atoms with Crippen molar-refractivity contribution in [3.8, 4) is 0 Å². The lowest BCUT2D eigenvalue weighted by atomic mass is 9.96. The summed E-state index contributed by atoms with van der Waals surface area (Å²) >= 11 is 0. The van der Waals surface area contributed by atoms with E-state index in [9.17, 15) is 22.8 Å². The van der Waals surface area contributed by atoms with Gasteiger partial charge in [0.1, 0.15) is 0 Å². The molecule has 1 aliphatic carbocycles. The van der Waals surface area contributed by atoms with Crippen LogP contribution >= 0.6 is 0 Å². The number of alkyl halides is 3. The number of nitrogens with one attached hydrogen (secondary N) is 3. The van der Waals surface area contributed by atoms with E-state index in [1.807, 2.05) is 0 Å². The normalized spacial score (nSPS) is 15.5. The largest absolute Gasteiger partial charge is 0.416 e. The summed E-state index contributed by atoms with van der Waals surface area (Å²) in [5.74, 6) is -0.404. The monoisotopic (exact) mass is 357 g/mol. The minimum atomic E-state index is -4.38. The predicted molar refractivity (Wildman–Crippen MR) is 86.7 cm³/mol. The first-order chi connectivity index (χ1) is 11.8. The van der Waals surface area contributed by atoms with Crippen LogP contribution in [0.2, 0.25) is 0 Å². The summed E-state index contributed by atoms with van der Waals surface area (Å²) in [6.07, 6.45) is 0.905. The van der Waals surface area contributed by atoms with E-state index in [1.54, 1.807) is 0 Å². The molecule has 0 heterocycles. The Labute approximate surface area is 144 Å². The Bertz CT molecular complexity index is 582. The second-order valence-corrected chi connectivity index (χ2v) is 6.13. The Morgan fingerprint density at radius 3 is 2.24 bits per heavy atom. The maximum atomic E-state index is 12.5. The lowest BCUT2D eigenvalue weighted by molar-refractivity contribution is -0.137. The fraction of sp³-hybridized carbons (Fsp3) is 0.529. The molecule has 3 N–H and O–H groups in total. The lowest BCUT2D eigenvalue weighted by Gasteiger charge is -2.22. The van der Waals surface area contributed by atoms with Crippen molar-refractivity contribution in [1.29, 1.82) is 0 Å². The summed E-state index contributed by atoms with van der Waals surface area (Å²) in [6, 6.07) is 4.34. The highest BCUT2D eigenvalue weighted by Crippen LogP contribution is 2.29. The minimum absolute atomic E-state index is 0.100. The molecule has 0 atom stereocenters. The van der Waals surface area contributed by atoms with Crippen LogP contribution < -0.4 is 16.0 Å². The molecule has 8 heteroatoms. The van der Waals surface area contributed by atoms with E-state index in [1.165, 1.54) is 18.6 Å². The molecule has 25 heavy (non-hydrogen) atoms. The van der Waals surface area contributed by atoms with Gasteiger partial charge in [-0.3, -0.25) is 4.79 Å². The number of hydrogen-bond acceptors (Lipinski definition) is 2. The van der Waals surface area contributed by atoms with Crippen molar-refractivity contribution in [1.82, 2.24) is 16.0 Å². The average molecular weight is 357 g/mol. The zero-order chi connectivity index (χ0) is 18.3. The molecule has 0 spiro atoms. The quantitative estimate of drug-likeness (QED) is 0.758. The van der Waals surface area contributed by atoms with E-state index >= 15 is 0 Å². The molecule has 1 fully saturated rings. The highest BCUT2D eigenvalue weighted by molar-refractivity contribution is 5.83. The summed E-state index contributed by atoms with van der Waals surface area (Å²) in [4.78, 5) is 23.4. The van der Waals surface area contributed by atoms with Crippen molar-refractivity contribution in [3.05, 3.63) is 35.4 Å². The second kappa shape index (κ2) is 8.73. The van der Waals surface area contributed by atoms with Crippen molar-refractivity contribution >= 4 is 11.9 Å². The highest BCUT2D eigenvalue weighted by Gasteiger charge is 2.29. The molecular weight excluding hydrogens is 335 g/mol. The third-order valence-electron chi connectivity index (χ3n) is 4.12. The molecule has 138 valence electrons. The van der Waals surface area contributed by atoms with E-state index < -0.39 is 17.6 Å². The lowest BCUT2D eigenvalue weighted by Crippen LogP contribution is -2.46. The standard InChI is InChI=1S/C17H22F3N3O2/c18-17(19,20)13-8-6-12(7-9-13)10-21-15(24)11-22-16(25)23-14-4-2-1-3-5-14/h6-9,14H,1-5,10-11H2,(H,21,24)(H2,22,23,25). The van der Waals surface area contributed by atoms with Crippen LogP contribution in [0.5, 0.6) is 0 Å². The van der Waals surface area contributed by atoms with Crippen LogP contribution in [-0.2, 0) is 17.5 Å². The van der Waals surface area contributed by atoms with Gasteiger partial charge < -0.3 is 16.0 Å². The smallest absolute Gasteiger partial charge is 0.350 e. The maximum Gasteiger partial charge on any atom is 0.416 e. The maximum absolute atomic E-state index is 12.5. The Morgan fingerprint density at radius 2 is 1.64 bits per heavy atom. The third-order valence-corrected chi connectivity index (χ3v) is 4.12. The third kappa shape index (κ3) is 6.64. The number of carbonyl (C=O) groups excluding carboxylic acids is 2. The summed E-state index contributed by atoms with van der Waals surface area (Å²) in [5.41, 5.74) is -0.184. The van der Waals surface area contributed by atoms with Crippen molar-refractivity contribution in [2.75, 3.05) is 6.54 Å². The van der Waals surface area contributed by atoms with Gasteiger partial charge in [-0.15, -0.1) is 0 Å². The van der Waals surface area contributed by atoms with Crippen LogP contribution in [0.4, 0.5) is 18.0 Å². The summed E-state index contributed by atoms with van der Waals surface area (Å²) in [7, 11) is 0. The van der Waals surface area contributed by atoms with Crippen molar-refractivity contribution < 1.29 is 22.8 Å². The van der Waals surface area contributed by atoms with Crippen LogP contribution in [0.15, 0.2) is 24.3 Å². The molecule has 0 unspecified atom stereocenters. The zero-order valence-electron chi connectivity index (χ0n) is 13.8. The van der Waals surface area contributed by atoms with Crippen LogP contribution in [0.25, 0.3) is 0 Å². The van der Waals surface area contributed by atoms with E-state index in [0.717, 1.165) is 37.8 Å². The second-order valence-electron chi connectivity index (χ2n) is 6.13. The summed E-state index contributed by atoms with van der Waals surface area (Å²) in [5, 5.41) is 7.87. The van der Waals surface area contributed by atoms with Gasteiger partial charge in [0.25, 0.3) is 0 Å². The number of rotatable bonds is 5. The molecule has 2 rings (SSSR count). The summed E-state index contributed by atoms with van der Waals surface area (Å²) in [6.45, 7) is -0.0813. The van der Waals surface area contributed by atoms with Gasteiger partial charge in [0.15, 0.2) is 0 Å². The zero-order valence-corrected chi connectivity index (χ0v) is 13.8. The molecule has 1 saturated carbocycles. The first-order valence-electron chi connectivity index (χ1n) is 8.32.